The maximum Gasteiger partial charge on any atom is 0.410 e. The zero-order valence-electron chi connectivity index (χ0n) is 19.2. The molecular weight excluding hydrogens is 418 g/mol. The van der Waals surface area contributed by atoms with Crippen LogP contribution in [0.15, 0.2) is 72.4 Å². The molecule has 0 bridgehead atoms. The summed E-state index contributed by atoms with van der Waals surface area (Å²) in [5.74, 6) is -0.221. The highest BCUT2D eigenvalue weighted by Gasteiger charge is 2.74. The fourth-order valence-electron chi connectivity index (χ4n) is 4.98. The highest BCUT2D eigenvalue weighted by atomic mass is 28.3. The van der Waals surface area contributed by atoms with Crippen LogP contribution in [0.5, 0.6) is 0 Å². The normalized spacial score (nSPS) is 26.6. The van der Waals surface area contributed by atoms with E-state index in [4.69, 9.17) is 9.47 Å². The van der Waals surface area contributed by atoms with Crippen LogP contribution in [-0.4, -0.2) is 44.7 Å². The van der Waals surface area contributed by atoms with E-state index >= 15 is 0 Å². The summed E-state index contributed by atoms with van der Waals surface area (Å²) in [6, 6.07) is 19.2. The van der Waals surface area contributed by atoms with Crippen molar-refractivity contribution in [2.24, 2.45) is 11.3 Å². The lowest BCUT2D eigenvalue weighted by Gasteiger charge is -2.27. The van der Waals surface area contributed by atoms with Crippen molar-refractivity contribution >= 4 is 20.1 Å². The number of ether oxygens (including phenoxy) is 2. The van der Waals surface area contributed by atoms with Crippen molar-refractivity contribution in [1.29, 1.82) is 0 Å². The lowest BCUT2D eigenvalue weighted by Crippen LogP contribution is -2.45. The van der Waals surface area contributed by atoms with Crippen molar-refractivity contribution in [2.75, 3.05) is 13.7 Å². The predicted octanol–water partition coefficient (Wildman–Crippen LogP) is 5.01. The van der Waals surface area contributed by atoms with E-state index in [0.717, 1.165) is 5.56 Å². The van der Waals surface area contributed by atoms with E-state index in [1.165, 1.54) is 12.7 Å². The first-order chi connectivity index (χ1) is 15.3. The molecule has 4 atom stereocenters. The number of carbonyl (C=O) groups excluding carboxylic acids is 2. The number of piperidine rings is 1. The van der Waals surface area contributed by atoms with Gasteiger partial charge in [0.25, 0.3) is 0 Å². The van der Waals surface area contributed by atoms with Crippen LogP contribution in [0.25, 0.3) is 0 Å². The molecule has 0 radical (unpaired) electrons. The molecule has 0 spiro atoms. The first-order valence-electron chi connectivity index (χ1n) is 11.1. The van der Waals surface area contributed by atoms with E-state index in [-0.39, 0.29) is 29.8 Å². The zero-order chi connectivity index (χ0) is 22.9. The molecule has 1 heterocycles. The molecule has 1 aliphatic heterocycles. The van der Waals surface area contributed by atoms with Crippen LogP contribution in [0.1, 0.15) is 17.0 Å². The summed E-state index contributed by atoms with van der Waals surface area (Å²) in [4.78, 5) is 27.5. The SMILES string of the molecule is COC(=O)[C@@H]1[C@H]2[C@H](c3ccccc3)[C@@]2(/C=C\[Si](C)(C)C)CN1C(=O)OCc1ccccc1. The van der Waals surface area contributed by atoms with Gasteiger partial charge in [-0.05, 0) is 11.1 Å². The smallest absolute Gasteiger partial charge is 0.410 e. The van der Waals surface area contributed by atoms with Gasteiger partial charge in [0.2, 0.25) is 0 Å². The van der Waals surface area contributed by atoms with Gasteiger partial charge in [-0.1, -0.05) is 92.1 Å². The van der Waals surface area contributed by atoms with Crippen molar-refractivity contribution < 1.29 is 19.1 Å². The van der Waals surface area contributed by atoms with Gasteiger partial charge in [-0.15, -0.1) is 0 Å². The molecule has 168 valence electrons. The number of esters is 1. The number of rotatable bonds is 6. The van der Waals surface area contributed by atoms with E-state index in [9.17, 15) is 9.59 Å². The maximum absolute atomic E-state index is 13.1. The van der Waals surface area contributed by atoms with E-state index in [0.29, 0.717) is 6.54 Å². The van der Waals surface area contributed by atoms with Gasteiger partial charge < -0.3 is 9.47 Å². The molecule has 1 saturated heterocycles. The quantitative estimate of drug-likeness (QED) is 0.459. The van der Waals surface area contributed by atoms with Gasteiger partial charge in [0.1, 0.15) is 12.6 Å². The average Bonchev–Trinajstić information content (AvgIpc) is 3.30. The number of methoxy groups -OCH3 is 1. The molecule has 2 aromatic carbocycles. The molecule has 2 aromatic rings. The van der Waals surface area contributed by atoms with Crippen LogP contribution in [0.4, 0.5) is 4.79 Å². The third-order valence-electron chi connectivity index (χ3n) is 6.50. The highest BCUT2D eigenvalue weighted by molar-refractivity contribution is 6.80. The minimum absolute atomic E-state index is 0.0192. The third-order valence-corrected chi connectivity index (χ3v) is 7.67. The van der Waals surface area contributed by atoms with Gasteiger partial charge >= 0.3 is 12.1 Å². The first kappa shape index (κ1) is 22.3. The molecule has 0 aromatic heterocycles. The summed E-state index contributed by atoms with van der Waals surface area (Å²) >= 11 is 0. The lowest BCUT2D eigenvalue weighted by molar-refractivity contribution is -0.146. The van der Waals surface area contributed by atoms with Gasteiger partial charge in [-0.3, -0.25) is 4.90 Å². The second kappa shape index (κ2) is 8.58. The number of likely N-dealkylation sites (tertiary alicyclic amines) is 1. The largest absolute Gasteiger partial charge is 0.467 e. The van der Waals surface area contributed by atoms with E-state index in [1.807, 2.05) is 48.5 Å². The minimum atomic E-state index is -1.47. The topological polar surface area (TPSA) is 55.8 Å². The summed E-state index contributed by atoms with van der Waals surface area (Å²) in [5, 5.41) is 0. The first-order valence-corrected chi connectivity index (χ1v) is 14.6. The molecule has 1 amide bonds. The Morgan fingerprint density at radius 2 is 1.69 bits per heavy atom. The van der Waals surface area contributed by atoms with Crippen LogP contribution in [-0.2, 0) is 20.9 Å². The van der Waals surface area contributed by atoms with Crippen LogP contribution in [0, 0.1) is 11.3 Å². The van der Waals surface area contributed by atoms with E-state index in [1.54, 1.807) is 4.90 Å². The van der Waals surface area contributed by atoms with Gasteiger partial charge in [-0.25, -0.2) is 9.59 Å². The summed E-state index contributed by atoms with van der Waals surface area (Å²) in [6.45, 7) is 7.48. The Morgan fingerprint density at radius 1 is 1.06 bits per heavy atom. The monoisotopic (exact) mass is 449 g/mol. The fourth-order valence-corrected chi connectivity index (χ4v) is 5.79. The lowest BCUT2D eigenvalue weighted by atomic mass is 9.99. The summed E-state index contributed by atoms with van der Waals surface area (Å²) in [7, 11) is -0.0905. The molecule has 1 aliphatic carbocycles. The summed E-state index contributed by atoms with van der Waals surface area (Å²) < 4.78 is 10.7. The second-order valence-corrected chi connectivity index (χ2v) is 14.9. The number of benzene rings is 2. The number of fused-ring (bicyclic) bond motifs is 1. The zero-order valence-corrected chi connectivity index (χ0v) is 20.2. The highest BCUT2D eigenvalue weighted by Crippen LogP contribution is 2.72. The van der Waals surface area contributed by atoms with Crippen molar-refractivity contribution in [3.63, 3.8) is 0 Å². The number of amides is 1. The van der Waals surface area contributed by atoms with E-state index < -0.39 is 20.2 Å². The van der Waals surface area contributed by atoms with Crippen LogP contribution in [0.2, 0.25) is 19.6 Å². The van der Waals surface area contributed by atoms with Gasteiger partial charge in [0, 0.05) is 23.8 Å². The molecule has 4 rings (SSSR count). The molecule has 1 saturated carbocycles. The van der Waals surface area contributed by atoms with Crippen LogP contribution < -0.4 is 0 Å². The summed E-state index contributed by atoms with van der Waals surface area (Å²) in [6.07, 6.45) is 1.81. The Hall–Kier alpha value is -2.86. The third kappa shape index (κ3) is 4.24. The van der Waals surface area contributed by atoms with Gasteiger partial charge in [0.05, 0.1) is 15.2 Å². The number of carbonyl (C=O) groups is 2. The Morgan fingerprint density at radius 3 is 2.28 bits per heavy atom. The molecular formula is C26H31NO4Si. The number of hydrogen-bond acceptors (Lipinski definition) is 4. The van der Waals surface area contributed by atoms with Gasteiger partial charge in [0.15, 0.2) is 0 Å². The van der Waals surface area contributed by atoms with Crippen molar-refractivity contribution in [2.45, 2.75) is 38.2 Å². The van der Waals surface area contributed by atoms with Crippen molar-refractivity contribution in [3.8, 4) is 0 Å². The number of hydrogen-bond donors (Lipinski definition) is 0. The average molecular weight is 450 g/mol. The Balaban J connectivity index is 1.63. The molecule has 32 heavy (non-hydrogen) atoms. The molecule has 0 N–H and O–H groups in total. The Bertz CT molecular complexity index is 1000. The molecule has 5 nitrogen and oxygen atoms in total. The van der Waals surface area contributed by atoms with Crippen LogP contribution >= 0.6 is 0 Å². The molecule has 0 unspecified atom stereocenters. The summed E-state index contributed by atoms with van der Waals surface area (Å²) in [5.41, 5.74) is 4.17. The Kier molecular flexibility index (Phi) is 5.99. The van der Waals surface area contributed by atoms with Crippen LogP contribution in [0.3, 0.4) is 0 Å². The Labute approximate surface area is 191 Å². The van der Waals surface area contributed by atoms with Crippen molar-refractivity contribution in [1.82, 2.24) is 4.90 Å². The maximum atomic E-state index is 13.1. The predicted molar refractivity (Wildman–Crippen MR) is 127 cm³/mol. The molecule has 2 aliphatic rings. The second-order valence-electron chi connectivity index (χ2n) is 9.86. The minimum Gasteiger partial charge on any atom is -0.467 e. The molecule has 6 heteroatoms. The van der Waals surface area contributed by atoms with Crippen molar-refractivity contribution in [3.05, 3.63) is 83.6 Å². The van der Waals surface area contributed by atoms with Gasteiger partial charge in [-0.2, -0.15) is 0 Å². The standard InChI is InChI=1S/C26H31NO4Si/c1-30-24(28)23-22-21(20-13-9-6-10-14-20)26(22,15-16-32(2,3)4)18-27(23)25(29)31-17-19-11-7-5-8-12-19/h5-16,21-23H,17-18H2,1-4H3/b16-15-/t21-,22+,23-,26+/m0/s1. The van der Waals surface area contributed by atoms with E-state index in [2.05, 4.69) is 43.5 Å². The molecule has 2 fully saturated rings. The fraction of sp³-hybridized carbons (Fsp3) is 0.385. The number of nitrogens with zero attached hydrogens (tertiary/aromatic N) is 1.